The van der Waals surface area contributed by atoms with Gasteiger partial charge in [-0.2, -0.15) is 0 Å². The van der Waals surface area contributed by atoms with Crippen LogP contribution in [0, 0.1) is 0 Å². The molecule has 12 heavy (non-hydrogen) atoms. The third-order valence-electron chi connectivity index (χ3n) is 1.73. The molecule has 0 aromatic heterocycles. The van der Waals surface area contributed by atoms with Crippen molar-refractivity contribution in [3.63, 3.8) is 0 Å². The van der Waals surface area contributed by atoms with Crippen molar-refractivity contribution in [2.45, 2.75) is 24.6 Å². The number of ether oxygens (including phenoxy) is 1. The molecule has 1 fully saturated rings. The van der Waals surface area contributed by atoms with Crippen LogP contribution in [0.3, 0.4) is 0 Å². The maximum Gasteiger partial charge on any atom is 0.206 e. The predicted octanol–water partition coefficient (Wildman–Crippen LogP) is -2.42. The first-order valence-corrected chi connectivity index (χ1v) is 3.65. The highest BCUT2D eigenvalue weighted by Crippen LogP contribution is 2.20. The summed E-state index contributed by atoms with van der Waals surface area (Å²) in [4.78, 5) is 4.72. The molecule has 1 rings (SSSR count). The van der Waals surface area contributed by atoms with Gasteiger partial charge in [0.1, 0.15) is 18.3 Å². The van der Waals surface area contributed by atoms with Crippen LogP contribution in [-0.4, -0.2) is 53.6 Å². The Hall–Kier alpha value is -0.240. The van der Waals surface area contributed by atoms with Crippen LogP contribution in [0.1, 0.15) is 0 Å². The molecule has 4 N–H and O–H groups in total. The fourth-order valence-electron chi connectivity index (χ4n) is 1.08. The van der Waals surface area contributed by atoms with Crippen LogP contribution < -0.4 is 5.48 Å². The van der Waals surface area contributed by atoms with Gasteiger partial charge in [-0.1, -0.05) is 0 Å². The second kappa shape index (κ2) is 4.13. The molecule has 0 aromatic rings. The summed E-state index contributed by atoms with van der Waals surface area (Å²) in [5.41, 5.74) is 2.33. The molecule has 6 heteroatoms. The monoisotopic (exact) mass is 179 g/mol. The minimum Gasteiger partial charge on any atom is -0.394 e. The van der Waals surface area contributed by atoms with Crippen molar-refractivity contribution >= 4 is 0 Å². The number of hydroxylamine groups is 1. The molecule has 6 nitrogen and oxygen atoms in total. The highest BCUT2D eigenvalue weighted by atomic mass is 16.8. The molecule has 4 atom stereocenters. The zero-order chi connectivity index (χ0) is 9.14. The third-order valence-corrected chi connectivity index (χ3v) is 1.73. The Balaban J connectivity index is 2.48. The summed E-state index contributed by atoms with van der Waals surface area (Å²) >= 11 is 0. The second-order valence-corrected chi connectivity index (χ2v) is 2.53. The zero-order valence-electron chi connectivity index (χ0n) is 6.67. The summed E-state index contributed by atoms with van der Waals surface area (Å²) in [7, 11) is 1.51. The molecule has 1 saturated heterocycles. The van der Waals surface area contributed by atoms with Crippen molar-refractivity contribution in [2.24, 2.45) is 0 Å². The van der Waals surface area contributed by atoms with E-state index in [2.05, 4.69) is 5.48 Å². The Morgan fingerprint density at radius 1 is 1.42 bits per heavy atom. The summed E-state index contributed by atoms with van der Waals surface area (Å²) in [6.07, 6.45) is -3.94. The molecule has 0 spiro atoms. The van der Waals surface area contributed by atoms with E-state index in [0.29, 0.717) is 0 Å². The van der Waals surface area contributed by atoms with Gasteiger partial charge in [-0.05, 0) is 0 Å². The molecule has 72 valence electrons. The maximum atomic E-state index is 9.24. The van der Waals surface area contributed by atoms with E-state index in [9.17, 15) is 10.2 Å². The fraction of sp³-hybridized carbons (Fsp3) is 1.00. The van der Waals surface area contributed by atoms with E-state index >= 15 is 0 Å². The fourth-order valence-corrected chi connectivity index (χ4v) is 1.08. The van der Waals surface area contributed by atoms with Crippen LogP contribution in [0.2, 0.25) is 0 Å². The van der Waals surface area contributed by atoms with Crippen LogP contribution in [0.15, 0.2) is 0 Å². The molecule has 0 aromatic carbocycles. The average Bonchev–Trinajstić information content (AvgIpc) is 2.33. The van der Waals surface area contributed by atoms with Gasteiger partial charge in [0.25, 0.3) is 0 Å². The zero-order valence-corrected chi connectivity index (χ0v) is 6.67. The number of hydrogen-bond donors (Lipinski definition) is 4. The first-order chi connectivity index (χ1) is 5.70. The highest BCUT2D eigenvalue weighted by molar-refractivity contribution is 4.85. The van der Waals surface area contributed by atoms with Crippen molar-refractivity contribution in [1.82, 2.24) is 5.48 Å². The van der Waals surface area contributed by atoms with Crippen molar-refractivity contribution in [3.05, 3.63) is 0 Å². The molecule has 1 aliphatic rings. The van der Waals surface area contributed by atoms with Crippen LogP contribution in [-0.2, 0) is 9.57 Å². The Labute approximate surface area is 69.7 Å². The lowest BCUT2D eigenvalue weighted by molar-refractivity contribution is -0.197. The first-order valence-electron chi connectivity index (χ1n) is 3.65. The van der Waals surface area contributed by atoms with E-state index in [0.717, 1.165) is 0 Å². The standard InChI is InChI=1S/C6H13NO5/c1-7-12-6-5(10)4(9)3(2-8)11-6/h3-10H,2H2,1H3/t3?,4-,5+,6?/m1/s1. The van der Waals surface area contributed by atoms with Crippen LogP contribution in [0.4, 0.5) is 0 Å². The van der Waals surface area contributed by atoms with Gasteiger partial charge in [0, 0.05) is 7.05 Å². The van der Waals surface area contributed by atoms with Gasteiger partial charge in [0.15, 0.2) is 0 Å². The Bertz CT molecular complexity index is 144. The van der Waals surface area contributed by atoms with Gasteiger partial charge in [-0.3, -0.25) is 4.84 Å². The molecular formula is C6H13NO5. The quantitative estimate of drug-likeness (QED) is 0.360. The lowest BCUT2D eigenvalue weighted by atomic mass is 10.1. The van der Waals surface area contributed by atoms with E-state index in [-0.39, 0.29) is 6.61 Å². The molecule has 1 aliphatic heterocycles. The molecule has 2 unspecified atom stereocenters. The Morgan fingerprint density at radius 2 is 2.08 bits per heavy atom. The Morgan fingerprint density at radius 3 is 2.50 bits per heavy atom. The molecule has 1 heterocycles. The lowest BCUT2D eigenvalue weighted by Crippen LogP contribution is -2.36. The second-order valence-electron chi connectivity index (χ2n) is 2.53. The third kappa shape index (κ3) is 1.74. The molecule has 0 saturated carbocycles. The van der Waals surface area contributed by atoms with Gasteiger partial charge in [0.2, 0.25) is 6.29 Å². The van der Waals surface area contributed by atoms with Crippen molar-refractivity contribution in [2.75, 3.05) is 13.7 Å². The first kappa shape index (κ1) is 9.85. The summed E-state index contributed by atoms with van der Waals surface area (Å²) in [5.74, 6) is 0. The average molecular weight is 179 g/mol. The number of nitrogens with one attached hydrogen (secondary N) is 1. The Kier molecular flexibility index (Phi) is 3.39. The van der Waals surface area contributed by atoms with Gasteiger partial charge in [-0.15, -0.1) is 0 Å². The molecule has 0 amide bonds. The van der Waals surface area contributed by atoms with E-state index < -0.39 is 24.6 Å². The summed E-state index contributed by atoms with van der Waals surface area (Å²) in [6, 6.07) is 0. The van der Waals surface area contributed by atoms with E-state index in [1.54, 1.807) is 0 Å². The van der Waals surface area contributed by atoms with Gasteiger partial charge in [0.05, 0.1) is 6.61 Å². The lowest BCUT2D eigenvalue weighted by Gasteiger charge is -2.13. The predicted molar refractivity (Wildman–Crippen MR) is 37.9 cm³/mol. The normalized spacial score (nSPS) is 42.0. The number of aliphatic hydroxyl groups is 3. The van der Waals surface area contributed by atoms with E-state index in [4.69, 9.17) is 14.7 Å². The largest absolute Gasteiger partial charge is 0.394 e. The van der Waals surface area contributed by atoms with Crippen LogP contribution in [0.5, 0.6) is 0 Å². The number of hydrogen-bond acceptors (Lipinski definition) is 6. The topological polar surface area (TPSA) is 91.2 Å². The number of aliphatic hydroxyl groups excluding tert-OH is 3. The maximum absolute atomic E-state index is 9.24. The smallest absolute Gasteiger partial charge is 0.206 e. The molecular weight excluding hydrogens is 166 g/mol. The van der Waals surface area contributed by atoms with Gasteiger partial charge in [-0.25, -0.2) is 5.48 Å². The summed E-state index contributed by atoms with van der Waals surface area (Å²) < 4.78 is 4.94. The summed E-state index contributed by atoms with van der Waals surface area (Å²) in [6.45, 7) is -0.345. The summed E-state index contributed by atoms with van der Waals surface area (Å²) in [5, 5.41) is 27.1. The highest BCUT2D eigenvalue weighted by Gasteiger charge is 2.43. The molecule has 0 aliphatic carbocycles. The van der Waals surface area contributed by atoms with E-state index in [1.807, 2.05) is 0 Å². The van der Waals surface area contributed by atoms with Crippen LogP contribution in [0.25, 0.3) is 0 Å². The minimum atomic E-state index is -1.13. The van der Waals surface area contributed by atoms with Crippen molar-refractivity contribution in [3.8, 4) is 0 Å². The van der Waals surface area contributed by atoms with Crippen molar-refractivity contribution < 1.29 is 24.9 Å². The minimum absolute atomic E-state index is 0.345. The van der Waals surface area contributed by atoms with Crippen molar-refractivity contribution in [1.29, 1.82) is 0 Å². The van der Waals surface area contributed by atoms with Crippen LogP contribution >= 0.6 is 0 Å². The van der Waals surface area contributed by atoms with E-state index in [1.165, 1.54) is 7.05 Å². The molecule has 0 radical (unpaired) electrons. The molecule has 0 bridgehead atoms. The number of rotatable bonds is 3. The SMILES string of the molecule is CNOC1OC(CO)[C@@H](O)[C@@H]1O. The van der Waals surface area contributed by atoms with Gasteiger partial charge >= 0.3 is 0 Å². The van der Waals surface area contributed by atoms with Gasteiger partial charge < -0.3 is 20.1 Å².